The lowest BCUT2D eigenvalue weighted by molar-refractivity contribution is -0.0207. The molecule has 2 atom stereocenters. The molecule has 1 aromatic rings. The molecule has 0 saturated carbocycles. The van der Waals surface area contributed by atoms with Crippen molar-refractivity contribution < 1.29 is 9.84 Å². The van der Waals surface area contributed by atoms with E-state index in [0.29, 0.717) is 6.42 Å². The Morgan fingerprint density at radius 3 is 3.12 bits per heavy atom. The molecule has 2 rings (SSSR count). The van der Waals surface area contributed by atoms with E-state index in [9.17, 15) is 5.11 Å². The van der Waals surface area contributed by atoms with Gasteiger partial charge in [-0.05, 0) is 12.5 Å². The highest BCUT2D eigenvalue weighted by atomic mass is 32.2. The van der Waals surface area contributed by atoms with Crippen molar-refractivity contribution in [3.05, 3.63) is 35.4 Å². The molecular formula is C13H18O2S. The van der Waals surface area contributed by atoms with Crippen molar-refractivity contribution >= 4 is 11.8 Å². The molecule has 1 saturated heterocycles. The molecule has 0 amide bonds. The van der Waals surface area contributed by atoms with Crippen molar-refractivity contribution in [3.63, 3.8) is 0 Å². The van der Waals surface area contributed by atoms with Crippen LogP contribution in [0.4, 0.5) is 0 Å². The zero-order valence-electron chi connectivity index (χ0n) is 9.56. The van der Waals surface area contributed by atoms with Gasteiger partial charge in [0.05, 0.1) is 18.8 Å². The zero-order chi connectivity index (χ0) is 11.4. The molecule has 1 fully saturated rings. The van der Waals surface area contributed by atoms with Crippen molar-refractivity contribution in [2.45, 2.75) is 25.6 Å². The monoisotopic (exact) mass is 238 g/mol. The minimum absolute atomic E-state index is 0.000683. The number of benzene rings is 1. The summed E-state index contributed by atoms with van der Waals surface area (Å²) >= 11 is 1.86. The van der Waals surface area contributed by atoms with Gasteiger partial charge in [-0.3, -0.25) is 0 Å². The number of thioether (sulfide) groups is 1. The second kappa shape index (κ2) is 5.71. The molecule has 1 aliphatic rings. The highest BCUT2D eigenvalue weighted by Gasteiger charge is 2.22. The molecule has 0 aromatic heterocycles. The van der Waals surface area contributed by atoms with Crippen LogP contribution in [0.1, 0.15) is 11.1 Å². The fourth-order valence-corrected chi connectivity index (χ4v) is 2.87. The van der Waals surface area contributed by atoms with E-state index >= 15 is 0 Å². The largest absolute Gasteiger partial charge is 0.390 e. The molecule has 2 nitrogen and oxygen atoms in total. The lowest BCUT2D eigenvalue weighted by Gasteiger charge is -2.26. The summed E-state index contributed by atoms with van der Waals surface area (Å²) in [5.41, 5.74) is 2.43. The summed E-state index contributed by atoms with van der Waals surface area (Å²) in [4.78, 5) is 0. The Hall–Kier alpha value is -0.510. The molecular weight excluding hydrogens is 220 g/mol. The third-order valence-corrected chi connectivity index (χ3v) is 3.82. The van der Waals surface area contributed by atoms with Gasteiger partial charge in [0, 0.05) is 17.9 Å². The molecule has 1 aromatic carbocycles. The summed E-state index contributed by atoms with van der Waals surface area (Å²) in [5.74, 6) is 1.96. The fraction of sp³-hybridized carbons (Fsp3) is 0.538. The predicted molar refractivity (Wildman–Crippen MR) is 68.0 cm³/mol. The first-order valence-corrected chi connectivity index (χ1v) is 6.84. The molecule has 88 valence electrons. The van der Waals surface area contributed by atoms with Crippen LogP contribution in [0.15, 0.2) is 24.3 Å². The maximum absolute atomic E-state index is 10.1. The summed E-state index contributed by atoms with van der Waals surface area (Å²) in [5, 5.41) is 10.1. The molecule has 0 spiro atoms. The molecule has 16 heavy (non-hydrogen) atoms. The van der Waals surface area contributed by atoms with Crippen LogP contribution in [0.3, 0.4) is 0 Å². The quantitative estimate of drug-likeness (QED) is 0.873. The van der Waals surface area contributed by atoms with E-state index < -0.39 is 0 Å². The van der Waals surface area contributed by atoms with E-state index in [2.05, 4.69) is 25.1 Å². The molecule has 1 aliphatic heterocycles. The summed E-state index contributed by atoms with van der Waals surface area (Å²) in [6.45, 7) is 2.84. The maximum Gasteiger partial charge on any atom is 0.0927 e. The van der Waals surface area contributed by atoms with Crippen LogP contribution < -0.4 is 0 Å². The van der Waals surface area contributed by atoms with Gasteiger partial charge in [0.2, 0.25) is 0 Å². The van der Waals surface area contributed by atoms with Gasteiger partial charge < -0.3 is 9.84 Å². The summed E-state index contributed by atoms with van der Waals surface area (Å²) in [7, 11) is 0. The van der Waals surface area contributed by atoms with Gasteiger partial charge in [0.1, 0.15) is 0 Å². The Morgan fingerprint density at radius 2 is 2.44 bits per heavy atom. The number of rotatable bonds is 3. The second-order valence-electron chi connectivity index (χ2n) is 4.24. The lowest BCUT2D eigenvalue weighted by atomic mass is 10.0. The molecule has 1 heterocycles. The topological polar surface area (TPSA) is 29.5 Å². The van der Waals surface area contributed by atoms with Gasteiger partial charge in [-0.1, -0.05) is 29.8 Å². The zero-order valence-corrected chi connectivity index (χ0v) is 10.4. The molecule has 0 bridgehead atoms. The predicted octanol–water partition coefficient (Wildman–Crippen LogP) is 2.03. The molecule has 3 heteroatoms. The fourth-order valence-electron chi connectivity index (χ4n) is 1.94. The van der Waals surface area contributed by atoms with Crippen LogP contribution in [0, 0.1) is 6.92 Å². The molecule has 2 unspecified atom stereocenters. The SMILES string of the molecule is Cc1cccc(CC(O)C2CSCCO2)c1. The molecule has 1 N–H and O–H groups in total. The van der Waals surface area contributed by atoms with Crippen molar-refractivity contribution in [2.24, 2.45) is 0 Å². The smallest absolute Gasteiger partial charge is 0.0927 e. The van der Waals surface area contributed by atoms with Crippen molar-refractivity contribution in [1.82, 2.24) is 0 Å². The molecule has 0 radical (unpaired) electrons. The van der Waals surface area contributed by atoms with Crippen molar-refractivity contribution in [3.8, 4) is 0 Å². The summed E-state index contributed by atoms with van der Waals surface area (Å²) in [6, 6.07) is 8.29. The Kier molecular flexibility index (Phi) is 4.27. The Morgan fingerprint density at radius 1 is 1.56 bits per heavy atom. The maximum atomic E-state index is 10.1. The first kappa shape index (κ1) is 12.0. The van der Waals surface area contributed by atoms with E-state index in [0.717, 1.165) is 18.1 Å². The highest BCUT2D eigenvalue weighted by Crippen LogP contribution is 2.18. The van der Waals surface area contributed by atoms with Gasteiger partial charge >= 0.3 is 0 Å². The van der Waals surface area contributed by atoms with Gasteiger partial charge in [0.15, 0.2) is 0 Å². The van der Waals surface area contributed by atoms with Crippen LogP contribution in [0.2, 0.25) is 0 Å². The Labute approximate surface area is 101 Å². The minimum atomic E-state index is -0.380. The van der Waals surface area contributed by atoms with Crippen molar-refractivity contribution in [2.75, 3.05) is 18.1 Å². The Balaban J connectivity index is 1.93. The van der Waals surface area contributed by atoms with Gasteiger partial charge in [-0.15, -0.1) is 0 Å². The van der Waals surface area contributed by atoms with E-state index in [1.807, 2.05) is 17.8 Å². The second-order valence-corrected chi connectivity index (χ2v) is 5.39. The number of hydrogen-bond donors (Lipinski definition) is 1. The average Bonchev–Trinajstić information content (AvgIpc) is 2.30. The van der Waals surface area contributed by atoms with Crippen LogP contribution >= 0.6 is 11.8 Å². The van der Waals surface area contributed by atoms with Crippen LogP contribution in [-0.2, 0) is 11.2 Å². The first-order valence-electron chi connectivity index (χ1n) is 5.68. The number of aliphatic hydroxyl groups is 1. The third kappa shape index (κ3) is 3.24. The van der Waals surface area contributed by atoms with Crippen LogP contribution in [0.5, 0.6) is 0 Å². The number of hydrogen-bond acceptors (Lipinski definition) is 3. The van der Waals surface area contributed by atoms with Gasteiger partial charge in [-0.25, -0.2) is 0 Å². The normalized spacial score (nSPS) is 23.0. The summed E-state index contributed by atoms with van der Waals surface area (Å²) in [6.07, 6.45) is 0.307. The highest BCUT2D eigenvalue weighted by molar-refractivity contribution is 7.99. The average molecular weight is 238 g/mol. The van der Waals surface area contributed by atoms with Gasteiger partial charge in [-0.2, -0.15) is 11.8 Å². The van der Waals surface area contributed by atoms with E-state index in [4.69, 9.17) is 4.74 Å². The van der Waals surface area contributed by atoms with E-state index in [1.165, 1.54) is 11.1 Å². The first-order chi connectivity index (χ1) is 7.75. The molecule has 0 aliphatic carbocycles. The minimum Gasteiger partial charge on any atom is -0.390 e. The van der Waals surface area contributed by atoms with Gasteiger partial charge in [0.25, 0.3) is 0 Å². The van der Waals surface area contributed by atoms with Crippen molar-refractivity contribution in [1.29, 1.82) is 0 Å². The number of aryl methyl sites for hydroxylation is 1. The number of aliphatic hydroxyl groups excluding tert-OH is 1. The standard InChI is InChI=1S/C13H18O2S/c1-10-3-2-4-11(7-10)8-12(14)13-9-16-6-5-15-13/h2-4,7,12-14H,5-6,8-9H2,1H3. The third-order valence-electron chi connectivity index (χ3n) is 2.80. The van der Waals surface area contributed by atoms with Crippen LogP contribution in [0.25, 0.3) is 0 Å². The lowest BCUT2D eigenvalue weighted by Crippen LogP contribution is -2.36. The Bertz CT molecular complexity index is 334. The number of ether oxygens (including phenoxy) is 1. The summed E-state index contributed by atoms with van der Waals surface area (Å²) < 4.78 is 5.57. The van der Waals surface area contributed by atoms with E-state index in [1.54, 1.807) is 0 Å². The van der Waals surface area contributed by atoms with E-state index in [-0.39, 0.29) is 12.2 Å². The van der Waals surface area contributed by atoms with Crippen LogP contribution in [-0.4, -0.2) is 35.4 Å².